The quantitative estimate of drug-likeness (QED) is 0.483. The number of primary amides is 1. The number of carbonyl (C=O) groups excluding carboxylic acids is 2. The molecular formula is C25H30ClN7O2. The van der Waals surface area contributed by atoms with Gasteiger partial charge in [0.1, 0.15) is 0 Å². The lowest BCUT2D eigenvalue weighted by Gasteiger charge is -2.35. The first-order valence-electron chi connectivity index (χ1n) is 12.1. The van der Waals surface area contributed by atoms with Crippen molar-refractivity contribution in [1.29, 1.82) is 0 Å². The lowest BCUT2D eigenvalue weighted by atomic mass is 9.96. The summed E-state index contributed by atoms with van der Waals surface area (Å²) < 4.78 is 0. The zero-order valence-electron chi connectivity index (χ0n) is 19.5. The summed E-state index contributed by atoms with van der Waals surface area (Å²) in [7, 11) is 0. The Bertz CT molecular complexity index is 1210. The average molecular weight is 496 g/mol. The van der Waals surface area contributed by atoms with Crippen LogP contribution in [0.25, 0.3) is 22.2 Å². The van der Waals surface area contributed by atoms with Gasteiger partial charge >= 0.3 is 0 Å². The Labute approximate surface area is 209 Å². The lowest BCUT2D eigenvalue weighted by Crippen LogP contribution is -2.48. The molecule has 2 fully saturated rings. The van der Waals surface area contributed by atoms with Crippen molar-refractivity contribution in [1.82, 2.24) is 24.8 Å². The molecule has 0 saturated carbocycles. The van der Waals surface area contributed by atoms with E-state index in [1.54, 1.807) is 6.20 Å². The summed E-state index contributed by atoms with van der Waals surface area (Å²) >= 11 is 6.45. The molecule has 9 nitrogen and oxygen atoms in total. The fourth-order valence-corrected chi connectivity index (χ4v) is 5.21. The summed E-state index contributed by atoms with van der Waals surface area (Å²) in [6, 6.07) is 8.22. The van der Waals surface area contributed by atoms with Gasteiger partial charge in [-0.1, -0.05) is 29.8 Å². The van der Waals surface area contributed by atoms with Gasteiger partial charge in [0.15, 0.2) is 0 Å². The van der Waals surface area contributed by atoms with Gasteiger partial charge in [-0.05, 0) is 44.8 Å². The van der Waals surface area contributed by atoms with E-state index in [2.05, 4.69) is 20.2 Å². The number of halogens is 1. The maximum Gasteiger partial charge on any atom is 0.236 e. The molecule has 2 saturated heterocycles. The molecule has 3 aromatic rings. The molecule has 35 heavy (non-hydrogen) atoms. The Hall–Kier alpha value is -3.17. The van der Waals surface area contributed by atoms with E-state index >= 15 is 0 Å². The van der Waals surface area contributed by atoms with Crippen LogP contribution in [0.5, 0.6) is 0 Å². The highest BCUT2D eigenvalue weighted by molar-refractivity contribution is 6.33. The highest BCUT2D eigenvalue weighted by Crippen LogP contribution is 2.32. The number of aromatic nitrogens is 3. The molecule has 10 heteroatoms. The van der Waals surface area contributed by atoms with E-state index in [1.165, 1.54) is 0 Å². The molecule has 2 amide bonds. The molecule has 0 bridgehead atoms. The predicted octanol–water partition coefficient (Wildman–Crippen LogP) is 2.88. The van der Waals surface area contributed by atoms with Gasteiger partial charge in [-0.25, -0.2) is 9.97 Å². The molecule has 0 spiro atoms. The van der Waals surface area contributed by atoms with Crippen molar-refractivity contribution in [3.8, 4) is 11.3 Å². The first-order valence-corrected chi connectivity index (χ1v) is 12.5. The smallest absolute Gasteiger partial charge is 0.236 e. The normalized spacial score (nSPS) is 18.1. The number of anilines is 1. The minimum absolute atomic E-state index is 0.0604. The maximum atomic E-state index is 12.8. The molecule has 2 aromatic heterocycles. The van der Waals surface area contributed by atoms with Crippen LogP contribution >= 0.6 is 11.6 Å². The van der Waals surface area contributed by atoms with Crippen molar-refractivity contribution in [2.75, 3.05) is 38.0 Å². The van der Waals surface area contributed by atoms with E-state index < -0.39 is 0 Å². The third kappa shape index (κ3) is 5.26. The van der Waals surface area contributed by atoms with E-state index in [9.17, 15) is 9.59 Å². The van der Waals surface area contributed by atoms with E-state index in [0.29, 0.717) is 36.3 Å². The van der Waals surface area contributed by atoms with Crippen molar-refractivity contribution in [2.24, 2.45) is 11.7 Å². The van der Waals surface area contributed by atoms with Crippen LogP contribution in [0.4, 0.5) is 5.95 Å². The Morgan fingerprint density at radius 3 is 2.60 bits per heavy atom. The van der Waals surface area contributed by atoms with Crippen LogP contribution in [0, 0.1) is 5.92 Å². The zero-order chi connectivity index (χ0) is 24.4. The van der Waals surface area contributed by atoms with E-state index in [4.69, 9.17) is 22.3 Å². The number of hydrogen-bond donors (Lipinski definition) is 3. The molecule has 0 atom stereocenters. The van der Waals surface area contributed by atoms with E-state index in [-0.39, 0.29) is 23.8 Å². The molecule has 1 aromatic carbocycles. The second-order valence-electron chi connectivity index (χ2n) is 9.39. The van der Waals surface area contributed by atoms with Crippen LogP contribution in [0.3, 0.4) is 0 Å². The third-order valence-electron chi connectivity index (χ3n) is 7.12. The Morgan fingerprint density at radius 2 is 1.86 bits per heavy atom. The van der Waals surface area contributed by atoms with Crippen molar-refractivity contribution < 1.29 is 9.59 Å². The number of nitrogens with zero attached hydrogens (tertiary/aromatic N) is 4. The number of hydrogen-bond acceptors (Lipinski definition) is 6. The van der Waals surface area contributed by atoms with Crippen molar-refractivity contribution in [2.45, 2.75) is 31.7 Å². The third-order valence-corrected chi connectivity index (χ3v) is 7.39. The van der Waals surface area contributed by atoms with Gasteiger partial charge in [0.25, 0.3) is 0 Å². The molecule has 0 unspecified atom stereocenters. The number of nitrogens with one attached hydrogen (secondary N) is 2. The maximum absolute atomic E-state index is 12.8. The van der Waals surface area contributed by atoms with Gasteiger partial charge in [0.05, 0.1) is 23.5 Å². The molecule has 2 aliphatic rings. The fourth-order valence-electron chi connectivity index (χ4n) is 5.02. The van der Waals surface area contributed by atoms with Gasteiger partial charge in [-0.3, -0.25) is 14.5 Å². The lowest BCUT2D eigenvalue weighted by molar-refractivity contribution is -0.133. The van der Waals surface area contributed by atoms with Crippen LogP contribution in [-0.2, 0) is 9.59 Å². The molecule has 4 heterocycles. The fraction of sp³-hybridized carbons (Fsp3) is 0.440. The SMILES string of the molecule is NC(=O)C1CCN(CC(=O)N2CCC(Nc3ncc(Cl)c(-c4c[nH]c5ccccc45)n3)CC2)CC1. The van der Waals surface area contributed by atoms with Gasteiger partial charge in [-0.2, -0.15) is 0 Å². The number of aromatic amines is 1. The number of likely N-dealkylation sites (tertiary alicyclic amines) is 2. The molecule has 2 aliphatic heterocycles. The highest BCUT2D eigenvalue weighted by Gasteiger charge is 2.28. The molecule has 5 rings (SSSR count). The molecule has 4 N–H and O–H groups in total. The first-order chi connectivity index (χ1) is 17.0. The number of amides is 2. The van der Waals surface area contributed by atoms with Crippen LogP contribution in [-0.4, -0.2) is 75.3 Å². The van der Waals surface area contributed by atoms with E-state index in [0.717, 1.165) is 55.2 Å². The minimum Gasteiger partial charge on any atom is -0.369 e. The summed E-state index contributed by atoms with van der Waals surface area (Å²) in [6.07, 6.45) is 6.66. The topological polar surface area (TPSA) is 120 Å². The number of fused-ring (bicyclic) bond motifs is 1. The van der Waals surface area contributed by atoms with Crippen molar-refractivity contribution in [3.05, 3.63) is 41.7 Å². The first kappa shape index (κ1) is 23.6. The zero-order valence-corrected chi connectivity index (χ0v) is 20.3. The summed E-state index contributed by atoms with van der Waals surface area (Å²) in [5.41, 5.74) is 8.06. The van der Waals surface area contributed by atoms with Gasteiger partial charge in [0.2, 0.25) is 17.8 Å². The highest BCUT2D eigenvalue weighted by atomic mass is 35.5. The number of H-pyrrole nitrogens is 1. The monoisotopic (exact) mass is 495 g/mol. The molecule has 0 radical (unpaired) electrons. The van der Waals surface area contributed by atoms with E-state index in [1.807, 2.05) is 35.4 Å². The van der Waals surface area contributed by atoms with Crippen LogP contribution in [0.2, 0.25) is 5.02 Å². The summed E-state index contributed by atoms with van der Waals surface area (Å²) in [5.74, 6) is 0.389. The summed E-state index contributed by atoms with van der Waals surface area (Å²) in [6.45, 7) is 3.26. The molecule has 184 valence electrons. The predicted molar refractivity (Wildman–Crippen MR) is 136 cm³/mol. The van der Waals surface area contributed by atoms with Crippen molar-refractivity contribution >= 4 is 40.3 Å². The number of rotatable bonds is 6. The van der Waals surface area contributed by atoms with Crippen LogP contribution < -0.4 is 11.1 Å². The van der Waals surface area contributed by atoms with Crippen molar-refractivity contribution in [3.63, 3.8) is 0 Å². The van der Waals surface area contributed by atoms with Crippen LogP contribution in [0.1, 0.15) is 25.7 Å². The molecular weight excluding hydrogens is 466 g/mol. The largest absolute Gasteiger partial charge is 0.369 e. The number of nitrogens with two attached hydrogens (primary N) is 1. The Balaban J connectivity index is 1.16. The molecule has 0 aliphatic carbocycles. The minimum atomic E-state index is -0.233. The summed E-state index contributed by atoms with van der Waals surface area (Å²) in [5, 5.41) is 4.99. The van der Waals surface area contributed by atoms with Gasteiger partial charge < -0.3 is 20.9 Å². The van der Waals surface area contributed by atoms with Crippen LogP contribution in [0.15, 0.2) is 36.7 Å². The Kier molecular flexibility index (Phi) is 6.88. The average Bonchev–Trinajstić information content (AvgIpc) is 3.30. The second kappa shape index (κ2) is 10.2. The number of carbonyl (C=O) groups is 2. The number of piperidine rings is 2. The summed E-state index contributed by atoms with van der Waals surface area (Å²) in [4.78, 5) is 40.6. The number of para-hydroxylation sites is 1. The van der Waals surface area contributed by atoms with Gasteiger partial charge in [-0.15, -0.1) is 0 Å². The standard InChI is InChI=1S/C25H30ClN7O2/c26-20-14-29-25(31-23(20)19-13-28-21-4-2-1-3-18(19)21)30-17-7-11-33(12-8-17)22(34)15-32-9-5-16(6-10-32)24(27)35/h1-4,13-14,16-17,28H,5-12,15H2,(H2,27,35)(H,29,30,31). The number of benzene rings is 1. The second-order valence-corrected chi connectivity index (χ2v) is 9.80. The Morgan fingerprint density at radius 1 is 1.11 bits per heavy atom. The van der Waals surface area contributed by atoms with Gasteiger partial charge in [0, 0.05) is 47.7 Å².